The predicted molar refractivity (Wildman–Crippen MR) is 114 cm³/mol. The molecule has 0 spiro atoms. The first-order chi connectivity index (χ1) is 13.9. The van der Waals surface area contributed by atoms with Gasteiger partial charge >= 0.3 is 0 Å². The summed E-state index contributed by atoms with van der Waals surface area (Å²) < 4.78 is 27.5. The Morgan fingerprint density at radius 3 is 2.24 bits per heavy atom. The molecule has 29 heavy (non-hydrogen) atoms. The zero-order valence-corrected chi connectivity index (χ0v) is 17.1. The van der Waals surface area contributed by atoms with Crippen LogP contribution in [-0.2, 0) is 23.0 Å². The monoisotopic (exact) mass is 426 g/mol. The van der Waals surface area contributed by atoms with Crippen molar-refractivity contribution in [2.24, 2.45) is 0 Å². The molecule has 0 fully saturated rings. The van der Waals surface area contributed by atoms with E-state index < -0.39 is 10.0 Å². The molecule has 0 saturated carbocycles. The van der Waals surface area contributed by atoms with Gasteiger partial charge in [-0.05, 0) is 66.1 Å². The third-order valence-corrected chi connectivity index (χ3v) is 7.06. The van der Waals surface area contributed by atoms with Crippen LogP contribution in [0.4, 0.5) is 5.69 Å². The maximum Gasteiger partial charge on any atom is 0.255 e. The molecule has 0 atom stereocenters. The SMILES string of the molecule is O=C(Nc1ccc(Cl)cc1)c1ccc(S(=O)(=O)N2CCc3ccccc3C2)cc1. The van der Waals surface area contributed by atoms with Crippen molar-refractivity contribution in [3.8, 4) is 0 Å². The van der Waals surface area contributed by atoms with Crippen molar-refractivity contribution in [1.82, 2.24) is 4.31 Å². The quantitative estimate of drug-likeness (QED) is 0.674. The summed E-state index contributed by atoms with van der Waals surface area (Å²) in [6, 6.07) is 20.7. The van der Waals surface area contributed by atoms with Crippen molar-refractivity contribution in [2.75, 3.05) is 11.9 Å². The number of hydrogen-bond acceptors (Lipinski definition) is 3. The Hall–Kier alpha value is -2.67. The fourth-order valence-electron chi connectivity index (χ4n) is 3.34. The Balaban J connectivity index is 1.49. The molecule has 4 rings (SSSR count). The minimum atomic E-state index is -3.62. The minimum Gasteiger partial charge on any atom is -0.322 e. The number of hydrogen-bond donors (Lipinski definition) is 1. The lowest BCUT2D eigenvalue weighted by Gasteiger charge is -2.28. The number of halogens is 1. The molecule has 1 heterocycles. The molecule has 0 aromatic heterocycles. The largest absolute Gasteiger partial charge is 0.322 e. The standard InChI is InChI=1S/C22H19ClN2O3S/c23-19-7-9-20(10-8-19)24-22(26)17-5-11-21(12-6-17)29(27,28)25-14-13-16-3-1-2-4-18(16)15-25/h1-12H,13-15H2,(H,24,26). The van der Waals surface area contributed by atoms with Crippen LogP contribution in [0.2, 0.25) is 5.02 Å². The fourth-order valence-corrected chi connectivity index (χ4v) is 4.88. The zero-order valence-electron chi connectivity index (χ0n) is 15.5. The van der Waals surface area contributed by atoms with Gasteiger partial charge in [0.2, 0.25) is 10.0 Å². The highest BCUT2D eigenvalue weighted by Crippen LogP contribution is 2.25. The van der Waals surface area contributed by atoms with Crippen LogP contribution in [0.1, 0.15) is 21.5 Å². The molecule has 1 N–H and O–H groups in total. The van der Waals surface area contributed by atoms with Gasteiger partial charge in [0, 0.05) is 29.4 Å². The van der Waals surface area contributed by atoms with Crippen LogP contribution in [0.5, 0.6) is 0 Å². The molecule has 5 nitrogen and oxygen atoms in total. The number of rotatable bonds is 4. The number of sulfonamides is 1. The Kier molecular flexibility index (Phi) is 5.41. The van der Waals surface area contributed by atoms with Gasteiger partial charge in [0.25, 0.3) is 5.91 Å². The van der Waals surface area contributed by atoms with E-state index in [0.717, 1.165) is 5.56 Å². The third kappa shape index (κ3) is 4.19. The highest BCUT2D eigenvalue weighted by molar-refractivity contribution is 7.89. The maximum absolute atomic E-state index is 13.0. The summed E-state index contributed by atoms with van der Waals surface area (Å²) >= 11 is 5.84. The first kappa shape index (κ1) is 19.6. The van der Waals surface area contributed by atoms with E-state index in [2.05, 4.69) is 5.32 Å². The molecule has 148 valence electrons. The number of benzene rings is 3. The number of carbonyl (C=O) groups excluding carboxylic acids is 1. The molecule has 0 bridgehead atoms. The molecule has 1 amide bonds. The van der Waals surface area contributed by atoms with E-state index in [-0.39, 0.29) is 10.8 Å². The summed E-state index contributed by atoms with van der Waals surface area (Å²) in [5.41, 5.74) is 3.21. The van der Waals surface area contributed by atoms with Crippen molar-refractivity contribution >= 4 is 33.2 Å². The fraction of sp³-hybridized carbons (Fsp3) is 0.136. The molecule has 1 aliphatic heterocycles. The number of amides is 1. The number of nitrogens with one attached hydrogen (secondary N) is 1. The van der Waals surface area contributed by atoms with Crippen LogP contribution in [-0.4, -0.2) is 25.2 Å². The van der Waals surface area contributed by atoms with E-state index in [1.54, 1.807) is 24.3 Å². The molecule has 1 aliphatic rings. The minimum absolute atomic E-state index is 0.180. The maximum atomic E-state index is 13.0. The zero-order chi connectivity index (χ0) is 20.4. The van der Waals surface area contributed by atoms with Crippen LogP contribution in [0.3, 0.4) is 0 Å². The first-order valence-electron chi connectivity index (χ1n) is 9.17. The van der Waals surface area contributed by atoms with Crippen LogP contribution < -0.4 is 5.32 Å². The van der Waals surface area contributed by atoms with E-state index in [0.29, 0.717) is 35.8 Å². The lowest BCUT2D eigenvalue weighted by molar-refractivity contribution is 0.102. The summed E-state index contributed by atoms with van der Waals surface area (Å²) in [7, 11) is -3.62. The Labute approximate surface area is 175 Å². The lowest BCUT2D eigenvalue weighted by Crippen LogP contribution is -2.35. The van der Waals surface area contributed by atoms with Crippen LogP contribution >= 0.6 is 11.6 Å². The van der Waals surface area contributed by atoms with E-state index in [1.807, 2.05) is 24.3 Å². The second-order valence-corrected chi connectivity index (χ2v) is 9.22. The topological polar surface area (TPSA) is 66.5 Å². The Morgan fingerprint density at radius 2 is 1.55 bits per heavy atom. The lowest BCUT2D eigenvalue weighted by atomic mass is 10.0. The molecule has 0 aliphatic carbocycles. The van der Waals surface area contributed by atoms with Gasteiger partial charge in [-0.2, -0.15) is 4.31 Å². The molecule has 3 aromatic carbocycles. The summed E-state index contributed by atoms with van der Waals surface area (Å²) in [6.45, 7) is 0.801. The second-order valence-electron chi connectivity index (χ2n) is 6.84. The van der Waals surface area contributed by atoms with Gasteiger partial charge in [0.05, 0.1) is 4.90 Å². The molecule has 3 aromatic rings. The number of fused-ring (bicyclic) bond motifs is 1. The Bertz CT molecular complexity index is 1140. The van der Waals surface area contributed by atoms with Gasteiger partial charge in [0.15, 0.2) is 0 Å². The number of carbonyl (C=O) groups is 1. The van der Waals surface area contributed by atoms with Gasteiger partial charge in [-0.1, -0.05) is 35.9 Å². The first-order valence-corrected chi connectivity index (χ1v) is 11.0. The predicted octanol–water partition coefficient (Wildman–Crippen LogP) is 4.34. The molecule has 0 radical (unpaired) electrons. The number of anilines is 1. The van der Waals surface area contributed by atoms with Gasteiger partial charge in [-0.3, -0.25) is 4.79 Å². The number of nitrogens with zero attached hydrogens (tertiary/aromatic N) is 1. The second kappa shape index (κ2) is 7.99. The molecule has 0 saturated heterocycles. The summed E-state index contributed by atoms with van der Waals surface area (Å²) in [6.07, 6.45) is 0.691. The van der Waals surface area contributed by atoms with Crippen LogP contribution in [0.15, 0.2) is 77.7 Å². The van der Waals surface area contributed by atoms with E-state index in [4.69, 9.17) is 11.6 Å². The van der Waals surface area contributed by atoms with Gasteiger partial charge in [-0.15, -0.1) is 0 Å². The third-order valence-electron chi connectivity index (χ3n) is 4.95. The molecule has 0 unspecified atom stereocenters. The summed E-state index contributed by atoms with van der Waals surface area (Å²) in [4.78, 5) is 12.6. The van der Waals surface area contributed by atoms with Crippen LogP contribution in [0, 0.1) is 0 Å². The molecular formula is C22H19ClN2O3S. The van der Waals surface area contributed by atoms with Crippen LogP contribution in [0.25, 0.3) is 0 Å². The van der Waals surface area contributed by atoms with Gasteiger partial charge in [-0.25, -0.2) is 8.42 Å². The Morgan fingerprint density at radius 1 is 0.897 bits per heavy atom. The molecule has 7 heteroatoms. The average molecular weight is 427 g/mol. The van der Waals surface area contributed by atoms with E-state index in [1.165, 1.54) is 34.1 Å². The summed E-state index contributed by atoms with van der Waals surface area (Å²) in [5.74, 6) is -0.317. The van der Waals surface area contributed by atoms with Crippen molar-refractivity contribution in [3.05, 3.63) is 94.5 Å². The van der Waals surface area contributed by atoms with Gasteiger partial charge in [0.1, 0.15) is 0 Å². The van der Waals surface area contributed by atoms with Crippen molar-refractivity contribution < 1.29 is 13.2 Å². The van der Waals surface area contributed by atoms with E-state index >= 15 is 0 Å². The van der Waals surface area contributed by atoms with Crippen molar-refractivity contribution in [3.63, 3.8) is 0 Å². The normalized spacial score (nSPS) is 14.2. The highest BCUT2D eigenvalue weighted by atomic mass is 35.5. The summed E-state index contributed by atoms with van der Waals surface area (Å²) in [5, 5.41) is 3.34. The van der Waals surface area contributed by atoms with Crippen molar-refractivity contribution in [2.45, 2.75) is 17.9 Å². The van der Waals surface area contributed by atoms with Gasteiger partial charge < -0.3 is 5.32 Å². The average Bonchev–Trinajstić information content (AvgIpc) is 2.75. The van der Waals surface area contributed by atoms with E-state index in [9.17, 15) is 13.2 Å². The smallest absolute Gasteiger partial charge is 0.255 e. The molecular weight excluding hydrogens is 408 g/mol. The highest BCUT2D eigenvalue weighted by Gasteiger charge is 2.28. The van der Waals surface area contributed by atoms with Crippen molar-refractivity contribution in [1.29, 1.82) is 0 Å².